The maximum Gasteiger partial charge on any atom is 0.291 e. The molecule has 0 unspecified atom stereocenters. The van der Waals surface area contributed by atoms with Crippen molar-refractivity contribution in [3.05, 3.63) is 24.3 Å². The lowest BCUT2D eigenvalue weighted by Crippen LogP contribution is -2.35. The smallest absolute Gasteiger partial charge is 0.291 e. The van der Waals surface area contributed by atoms with Gasteiger partial charge in [0.15, 0.2) is 5.16 Å². The molecule has 2 rings (SSSR count). The number of hydrogen-bond acceptors (Lipinski definition) is 3. The van der Waals surface area contributed by atoms with E-state index in [9.17, 15) is 13.6 Å². The molecule has 4 nitrogen and oxygen atoms in total. The summed E-state index contributed by atoms with van der Waals surface area (Å²) < 4.78 is 27.2. The number of imidazole rings is 1. The topological polar surface area (TPSA) is 38.1 Å². The minimum absolute atomic E-state index is 0.0373. The fourth-order valence-corrected chi connectivity index (χ4v) is 3.11. The molecule has 7 heteroatoms. The van der Waals surface area contributed by atoms with Crippen molar-refractivity contribution in [2.45, 2.75) is 44.1 Å². The largest absolute Gasteiger partial charge is 0.341 e. The molecule has 1 heterocycles. The third kappa shape index (κ3) is 4.43. The number of aromatic nitrogens is 2. The quantitative estimate of drug-likeness (QED) is 0.681. The van der Waals surface area contributed by atoms with E-state index < -0.39 is 5.76 Å². The van der Waals surface area contributed by atoms with E-state index in [4.69, 9.17) is 0 Å². The molecule has 2 aromatic rings. The first-order valence-corrected chi connectivity index (χ1v) is 8.62. The number of para-hydroxylation sites is 2. The molecule has 0 bridgehead atoms. The summed E-state index contributed by atoms with van der Waals surface area (Å²) in [5.74, 6) is -2.63. The highest BCUT2D eigenvalue weighted by molar-refractivity contribution is 7.99. The average molecular weight is 341 g/mol. The molecule has 0 saturated heterocycles. The number of halogens is 2. The van der Waals surface area contributed by atoms with Crippen molar-refractivity contribution in [1.29, 1.82) is 0 Å². The van der Waals surface area contributed by atoms with Crippen LogP contribution >= 0.6 is 11.8 Å². The van der Waals surface area contributed by atoms with Crippen LogP contribution in [0, 0.1) is 0 Å². The van der Waals surface area contributed by atoms with E-state index in [1.807, 2.05) is 19.9 Å². The minimum Gasteiger partial charge on any atom is -0.341 e. The van der Waals surface area contributed by atoms with Crippen molar-refractivity contribution in [1.82, 2.24) is 14.5 Å². The second kappa shape index (κ2) is 8.29. The summed E-state index contributed by atoms with van der Waals surface area (Å²) in [5, 5.41) is 0.183. The number of amides is 1. The van der Waals surface area contributed by atoms with Gasteiger partial charge in [-0.1, -0.05) is 26.0 Å². The fraction of sp³-hybridized carbons (Fsp3) is 0.500. The lowest BCUT2D eigenvalue weighted by atomic mass is 10.3. The zero-order valence-corrected chi connectivity index (χ0v) is 14.2. The Hall–Kier alpha value is -1.63. The van der Waals surface area contributed by atoms with Crippen molar-refractivity contribution >= 4 is 28.7 Å². The van der Waals surface area contributed by atoms with Crippen LogP contribution in [-0.4, -0.2) is 39.2 Å². The fourth-order valence-electron chi connectivity index (χ4n) is 2.51. The Morgan fingerprint density at radius 2 is 1.91 bits per heavy atom. The number of benzene rings is 1. The van der Waals surface area contributed by atoms with Crippen LogP contribution in [0.5, 0.6) is 0 Å². The Kier molecular flexibility index (Phi) is 6.38. The molecule has 0 spiro atoms. The molecule has 1 amide bonds. The maximum atomic E-state index is 12.8. The summed E-state index contributed by atoms with van der Waals surface area (Å²) in [6, 6.07) is 7.19. The predicted octanol–water partition coefficient (Wildman–Crippen LogP) is 4.00. The van der Waals surface area contributed by atoms with Gasteiger partial charge in [0, 0.05) is 13.1 Å². The average Bonchev–Trinajstić information content (AvgIpc) is 2.84. The van der Waals surface area contributed by atoms with Gasteiger partial charge >= 0.3 is 0 Å². The summed E-state index contributed by atoms with van der Waals surface area (Å²) in [6.45, 7) is 5.42. The normalized spacial score (nSPS) is 11.3. The molecule has 0 fully saturated rings. The zero-order valence-electron chi connectivity index (χ0n) is 13.3. The van der Waals surface area contributed by atoms with E-state index in [2.05, 4.69) is 4.98 Å². The van der Waals surface area contributed by atoms with Crippen LogP contribution < -0.4 is 0 Å². The van der Waals surface area contributed by atoms with Gasteiger partial charge in [0.05, 0.1) is 11.0 Å². The SMILES string of the molecule is CCCN(CCC)C(=O)Cn1c(SC(F)F)nc2ccccc21. The molecule has 1 aromatic carbocycles. The Balaban J connectivity index is 2.31. The van der Waals surface area contributed by atoms with Gasteiger partial charge in [-0.15, -0.1) is 0 Å². The highest BCUT2D eigenvalue weighted by Crippen LogP contribution is 2.28. The van der Waals surface area contributed by atoms with E-state index in [0.29, 0.717) is 35.9 Å². The van der Waals surface area contributed by atoms with Crippen LogP contribution in [0.2, 0.25) is 0 Å². The van der Waals surface area contributed by atoms with Crippen LogP contribution in [0.3, 0.4) is 0 Å². The molecule has 0 aliphatic carbocycles. The summed E-state index contributed by atoms with van der Waals surface area (Å²) in [5.41, 5.74) is 1.33. The second-order valence-electron chi connectivity index (χ2n) is 5.23. The lowest BCUT2D eigenvalue weighted by Gasteiger charge is -2.22. The Labute approximate surface area is 138 Å². The minimum atomic E-state index is -2.57. The number of alkyl halides is 2. The van der Waals surface area contributed by atoms with Crippen molar-refractivity contribution in [3.63, 3.8) is 0 Å². The van der Waals surface area contributed by atoms with Gasteiger partial charge in [0.25, 0.3) is 5.76 Å². The summed E-state index contributed by atoms with van der Waals surface area (Å²) in [7, 11) is 0. The van der Waals surface area contributed by atoms with Gasteiger partial charge in [0.2, 0.25) is 5.91 Å². The number of hydrogen-bond donors (Lipinski definition) is 0. The van der Waals surface area contributed by atoms with Crippen molar-refractivity contribution in [3.8, 4) is 0 Å². The van der Waals surface area contributed by atoms with Crippen molar-refractivity contribution < 1.29 is 13.6 Å². The second-order valence-corrected chi connectivity index (χ2v) is 6.19. The number of nitrogens with zero attached hydrogens (tertiary/aromatic N) is 3. The molecule has 0 aliphatic rings. The van der Waals surface area contributed by atoms with Gasteiger partial charge in [-0.3, -0.25) is 4.79 Å². The first-order chi connectivity index (χ1) is 11.1. The molecular formula is C16H21F2N3OS. The maximum absolute atomic E-state index is 12.8. The Morgan fingerprint density at radius 3 is 2.52 bits per heavy atom. The van der Waals surface area contributed by atoms with Crippen molar-refractivity contribution in [2.75, 3.05) is 13.1 Å². The van der Waals surface area contributed by atoms with Crippen LogP contribution in [-0.2, 0) is 11.3 Å². The van der Waals surface area contributed by atoms with Crippen LogP contribution in [0.1, 0.15) is 26.7 Å². The summed E-state index contributed by atoms with van der Waals surface area (Å²) in [6.07, 6.45) is 1.74. The monoisotopic (exact) mass is 341 g/mol. The first-order valence-electron chi connectivity index (χ1n) is 7.74. The van der Waals surface area contributed by atoms with Gasteiger partial charge in [-0.05, 0) is 36.7 Å². The van der Waals surface area contributed by atoms with E-state index in [1.165, 1.54) is 0 Å². The van der Waals surface area contributed by atoms with E-state index in [-0.39, 0.29) is 17.6 Å². The first kappa shape index (κ1) is 17.7. The molecule has 0 atom stereocenters. The van der Waals surface area contributed by atoms with Crippen molar-refractivity contribution in [2.24, 2.45) is 0 Å². The summed E-state index contributed by atoms with van der Waals surface area (Å²) >= 11 is 0.379. The molecular weight excluding hydrogens is 320 g/mol. The van der Waals surface area contributed by atoms with Crippen LogP contribution in [0.4, 0.5) is 8.78 Å². The van der Waals surface area contributed by atoms with Crippen LogP contribution in [0.15, 0.2) is 29.4 Å². The highest BCUT2D eigenvalue weighted by Gasteiger charge is 2.20. The highest BCUT2D eigenvalue weighted by atomic mass is 32.2. The standard InChI is InChI=1S/C16H21F2N3OS/c1-3-9-20(10-4-2)14(22)11-21-13-8-6-5-7-12(13)19-16(21)23-15(17)18/h5-8,15H,3-4,9-11H2,1-2H3. The predicted molar refractivity (Wildman–Crippen MR) is 88.8 cm³/mol. The van der Waals surface area contributed by atoms with Gasteiger partial charge in [0.1, 0.15) is 6.54 Å². The Morgan fingerprint density at radius 1 is 1.26 bits per heavy atom. The van der Waals surface area contributed by atoms with E-state index in [1.54, 1.807) is 27.7 Å². The number of thioether (sulfide) groups is 1. The number of carbonyl (C=O) groups is 1. The molecule has 0 radical (unpaired) electrons. The molecule has 0 N–H and O–H groups in total. The molecule has 126 valence electrons. The van der Waals surface area contributed by atoms with Crippen LogP contribution in [0.25, 0.3) is 11.0 Å². The van der Waals surface area contributed by atoms with E-state index in [0.717, 1.165) is 12.8 Å². The van der Waals surface area contributed by atoms with E-state index >= 15 is 0 Å². The molecule has 0 aliphatic heterocycles. The third-order valence-corrected chi connectivity index (χ3v) is 4.15. The molecule has 23 heavy (non-hydrogen) atoms. The van der Waals surface area contributed by atoms with Gasteiger partial charge < -0.3 is 9.47 Å². The lowest BCUT2D eigenvalue weighted by molar-refractivity contribution is -0.132. The molecule has 0 saturated carbocycles. The third-order valence-electron chi connectivity index (χ3n) is 3.45. The number of rotatable bonds is 8. The summed E-state index contributed by atoms with van der Waals surface area (Å²) in [4.78, 5) is 18.6. The van der Waals surface area contributed by atoms with Gasteiger partial charge in [-0.2, -0.15) is 8.78 Å². The molecule has 1 aromatic heterocycles. The van der Waals surface area contributed by atoms with Gasteiger partial charge in [-0.25, -0.2) is 4.98 Å². The number of fused-ring (bicyclic) bond motifs is 1. The number of carbonyl (C=O) groups excluding carboxylic acids is 1. The Bertz CT molecular complexity index is 654. The zero-order chi connectivity index (χ0) is 16.8.